The van der Waals surface area contributed by atoms with Crippen molar-refractivity contribution in [1.82, 2.24) is 14.8 Å². The van der Waals surface area contributed by atoms with Gasteiger partial charge in [-0.3, -0.25) is 4.79 Å². The van der Waals surface area contributed by atoms with Crippen molar-refractivity contribution in [3.05, 3.63) is 71.5 Å². The second kappa shape index (κ2) is 5.95. The van der Waals surface area contributed by atoms with Crippen molar-refractivity contribution in [2.24, 2.45) is 0 Å². The summed E-state index contributed by atoms with van der Waals surface area (Å²) in [5.41, 5.74) is 0.791. The lowest BCUT2D eigenvalue weighted by Crippen LogP contribution is -2.13. The van der Waals surface area contributed by atoms with E-state index in [9.17, 15) is 9.18 Å². The third kappa shape index (κ3) is 2.82. The number of hydrogen-bond donors (Lipinski definition) is 1. The fourth-order valence-corrected chi connectivity index (χ4v) is 2.05. The summed E-state index contributed by atoms with van der Waals surface area (Å²) in [6.07, 6.45) is 3.03. The first-order valence-electron chi connectivity index (χ1n) is 6.37. The molecular formula is C15H10ClFN4O. The molecule has 7 heteroatoms. The molecule has 0 bridgehead atoms. The molecule has 1 N–H and O–H groups in total. The van der Waals surface area contributed by atoms with Gasteiger partial charge >= 0.3 is 0 Å². The van der Waals surface area contributed by atoms with E-state index in [1.54, 1.807) is 30.3 Å². The van der Waals surface area contributed by atoms with E-state index < -0.39 is 11.7 Å². The highest BCUT2D eigenvalue weighted by atomic mass is 35.5. The third-order valence-electron chi connectivity index (χ3n) is 2.93. The Labute approximate surface area is 130 Å². The van der Waals surface area contributed by atoms with Crippen molar-refractivity contribution < 1.29 is 9.18 Å². The normalized spacial score (nSPS) is 10.5. The van der Waals surface area contributed by atoms with Gasteiger partial charge in [-0.1, -0.05) is 23.7 Å². The number of benzene rings is 1. The summed E-state index contributed by atoms with van der Waals surface area (Å²) < 4.78 is 15.0. The number of carbonyl (C=O) groups excluding carboxylic acids is 1. The van der Waals surface area contributed by atoms with E-state index in [0.717, 1.165) is 0 Å². The number of carbonyl (C=O) groups is 1. The first-order chi connectivity index (χ1) is 10.6. The number of aromatic nitrogens is 3. The van der Waals surface area contributed by atoms with E-state index in [2.05, 4.69) is 15.4 Å². The summed E-state index contributed by atoms with van der Waals surface area (Å²) in [4.78, 5) is 16.0. The number of para-hydroxylation sites is 1. The number of anilines is 1. The van der Waals surface area contributed by atoms with E-state index in [1.165, 1.54) is 29.2 Å². The van der Waals surface area contributed by atoms with Gasteiger partial charge in [-0.05, 0) is 30.3 Å². The highest BCUT2D eigenvalue weighted by molar-refractivity contribution is 6.32. The summed E-state index contributed by atoms with van der Waals surface area (Å²) in [6.45, 7) is 0. The van der Waals surface area contributed by atoms with Crippen LogP contribution in [0.5, 0.6) is 0 Å². The lowest BCUT2D eigenvalue weighted by Gasteiger charge is -2.04. The zero-order valence-corrected chi connectivity index (χ0v) is 12.0. The van der Waals surface area contributed by atoms with Crippen molar-refractivity contribution in [3.8, 4) is 5.69 Å². The molecule has 0 fully saturated rings. The highest BCUT2D eigenvalue weighted by Gasteiger charge is 2.13. The van der Waals surface area contributed by atoms with Gasteiger partial charge in [0.1, 0.15) is 11.5 Å². The van der Waals surface area contributed by atoms with E-state index in [-0.39, 0.29) is 16.5 Å². The minimum absolute atomic E-state index is 0.142. The van der Waals surface area contributed by atoms with E-state index in [1.807, 2.05) is 0 Å². The Bertz CT molecular complexity index is 834. The van der Waals surface area contributed by atoms with Gasteiger partial charge in [0, 0.05) is 12.4 Å². The summed E-state index contributed by atoms with van der Waals surface area (Å²) in [6, 6.07) is 10.9. The average molecular weight is 317 g/mol. The van der Waals surface area contributed by atoms with Crippen LogP contribution in [-0.2, 0) is 0 Å². The zero-order chi connectivity index (χ0) is 15.5. The second-order valence-corrected chi connectivity index (χ2v) is 4.75. The largest absolute Gasteiger partial charge is 0.318 e. The molecular weight excluding hydrogens is 307 g/mol. The standard InChI is InChI=1S/C15H10ClFN4O/c16-14-11(5-3-8-18-14)19-15(22)12-7-9-21(20-12)13-6-2-1-4-10(13)17/h1-9H,(H,19,22). The molecule has 0 aliphatic heterocycles. The quantitative estimate of drug-likeness (QED) is 0.754. The Morgan fingerprint density at radius 2 is 2.00 bits per heavy atom. The van der Waals surface area contributed by atoms with Crippen molar-refractivity contribution in [3.63, 3.8) is 0 Å². The Morgan fingerprint density at radius 1 is 1.18 bits per heavy atom. The molecule has 0 spiro atoms. The smallest absolute Gasteiger partial charge is 0.276 e. The molecule has 1 amide bonds. The SMILES string of the molecule is O=C(Nc1cccnc1Cl)c1ccn(-c2ccccc2F)n1. The molecule has 5 nitrogen and oxygen atoms in total. The fraction of sp³-hybridized carbons (Fsp3) is 0. The Morgan fingerprint density at radius 3 is 2.77 bits per heavy atom. The van der Waals surface area contributed by atoms with Crippen LogP contribution in [0.3, 0.4) is 0 Å². The van der Waals surface area contributed by atoms with Crippen molar-refractivity contribution in [2.75, 3.05) is 5.32 Å². The topological polar surface area (TPSA) is 59.8 Å². The summed E-state index contributed by atoms with van der Waals surface area (Å²) in [5.74, 6) is -0.877. The predicted octanol–water partition coefficient (Wildman–Crippen LogP) is 3.31. The van der Waals surface area contributed by atoms with Crippen LogP contribution in [0.4, 0.5) is 10.1 Å². The lowest BCUT2D eigenvalue weighted by molar-refractivity contribution is 0.102. The molecule has 3 rings (SSSR count). The number of halogens is 2. The molecule has 0 aliphatic carbocycles. The van der Waals surface area contributed by atoms with Crippen LogP contribution in [0.1, 0.15) is 10.5 Å². The van der Waals surface area contributed by atoms with Crippen molar-refractivity contribution >= 4 is 23.2 Å². The number of rotatable bonds is 3. The Hall–Kier alpha value is -2.73. The number of pyridine rings is 1. The molecule has 0 atom stereocenters. The molecule has 0 radical (unpaired) electrons. The lowest BCUT2D eigenvalue weighted by atomic mass is 10.3. The number of nitrogens with one attached hydrogen (secondary N) is 1. The van der Waals surface area contributed by atoms with Crippen molar-refractivity contribution in [1.29, 1.82) is 0 Å². The second-order valence-electron chi connectivity index (χ2n) is 4.39. The minimum Gasteiger partial charge on any atom is -0.318 e. The van der Waals surface area contributed by atoms with Crippen LogP contribution in [0, 0.1) is 5.82 Å². The fourth-order valence-electron chi connectivity index (χ4n) is 1.88. The highest BCUT2D eigenvalue weighted by Crippen LogP contribution is 2.18. The zero-order valence-electron chi connectivity index (χ0n) is 11.2. The molecule has 3 aromatic rings. The van der Waals surface area contributed by atoms with Gasteiger partial charge in [0.2, 0.25) is 0 Å². The van der Waals surface area contributed by atoms with Gasteiger partial charge in [0.25, 0.3) is 5.91 Å². The summed E-state index contributed by atoms with van der Waals surface area (Å²) in [7, 11) is 0. The molecule has 2 aromatic heterocycles. The maximum Gasteiger partial charge on any atom is 0.276 e. The van der Waals surface area contributed by atoms with E-state index in [4.69, 9.17) is 11.6 Å². The van der Waals surface area contributed by atoms with Crippen LogP contribution >= 0.6 is 11.6 Å². The Balaban J connectivity index is 1.84. The Kier molecular flexibility index (Phi) is 3.84. The van der Waals surface area contributed by atoms with E-state index in [0.29, 0.717) is 5.69 Å². The molecule has 0 saturated carbocycles. The van der Waals surface area contributed by atoms with Gasteiger partial charge in [0.15, 0.2) is 10.8 Å². The van der Waals surface area contributed by atoms with Gasteiger partial charge in [-0.15, -0.1) is 0 Å². The molecule has 0 saturated heterocycles. The monoisotopic (exact) mass is 316 g/mol. The average Bonchev–Trinajstić information content (AvgIpc) is 3.00. The van der Waals surface area contributed by atoms with Gasteiger partial charge in [-0.2, -0.15) is 5.10 Å². The van der Waals surface area contributed by atoms with Crippen LogP contribution in [0.15, 0.2) is 54.9 Å². The van der Waals surface area contributed by atoms with Crippen LogP contribution < -0.4 is 5.32 Å². The maximum atomic E-state index is 13.7. The molecule has 22 heavy (non-hydrogen) atoms. The van der Waals surface area contributed by atoms with Crippen molar-refractivity contribution in [2.45, 2.75) is 0 Å². The van der Waals surface area contributed by atoms with Gasteiger partial charge in [-0.25, -0.2) is 14.1 Å². The van der Waals surface area contributed by atoms with E-state index >= 15 is 0 Å². The number of amides is 1. The van der Waals surface area contributed by atoms with Crippen LogP contribution in [-0.4, -0.2) is 20.7 Å². The molecule has 2 heterocycles. The summed E-state index contributed by atoms with van der Waals surface area (Å²) in [5, 5.41) is 6.86. The number of nitrogens with zero attached hydrogens (tertiary/aromatic N) is 3. The van der Waals surface area contributed by atoms with Crippen LogP contribution in [0.2, 0.25) is 5.15 Å². The third-order valence-corrected chi connectivity index (χ3v) is 3.23. The predicted molar refractivity (Wildman–Crippen MR) is 80.7 cm³/mol. The molecule has 110 valence electrons. The first kappa shape index (κ1) is 14.2. The molecule has 0 aliphatic rings. The molecule has 0 unspecified atom stereocenters. The van der Waals surface area contributed by atoms with Gasteiger partial charge in [0.05, 0.1) is 5.69 Å². The van der Waals surface area contributed by atoms with Crippen LogP contribution in [0.25, 0.3) is 5.69 Å². The first-order valence-corrected chi connectivity index (χ1v) is 6.75. The number of hydrogen-bond acceptors (Lipinski definition) is 3. The maximum absolute atomic E-state index is 13.7. The van der Waals surface area contributed by atoms with Gasteiger partial charge < -0.3 is 5.32 Å². The summed E-state index contributed by atoms with van der Waals surface area (Å²) >= 11 is 5.88. The molecule has 1 aromatic carbocycles. The minimum atomic E-state index is -0.454.